The number of nitrogens with one attached hydrogen (secondary N) is 1. The summed E-state index contributed by atoms with van der Waals surface area (Å²) in [4.78, 5) is 24.8. The molecule has 2 N–H and O–H groups in total. The number of carboxylic acids is 1. The molecule has 0 spiro atoms. The standard InChI is InChI=1S/C16H22N2O3/c1-11(2)13-6-7-18(10-13)16(21)17-14-5-3-4-12(8-14)9-15(19)20/h3-5,8,11,13H,6-7,9-10H2,1-2H3,(H,17,21)(H,19,20). The van der Waals surface area contributed by atoms with Gasteiger partial charge in [0.2, 0.25) is 0 Å². The maximum Gasteiger partial charge on any atom is 0.321 e. The van der Waals surface area contributed by atoms with Crippen molar-refractivity contribution in [2.24, 2.45) is 11.8 Å². The molecule has 5 nitrogen and oxygen atoms in total. The first-order valence-corrected chi connectivity index (χ1v) is 7.32. The number of carbonyl (C=O) groups is 2. The highest BCUT2D eigenvalue weighted by molar-refractivity contribution is 5.89. The van der Waals surface area contributed by atoms with Crippen LogP contribution in [-0.2, 0) is 11.2 Å². The number of nitrogens with zero attached hydrogens (tertiary/aromatic N) is 1. The first kappa shape index (κ1) is 15.4. The van der Waals surface area contributed by atoms with Crippen LogP contribution in [0.5, 0.6) is 0 Å². The minimum Gasteiger partial charge on any atom is -0.481 e. The third kappa shape index (κ3) is 4.21. The van der Waals surface area contributed by atoms with Crippen LogP contribution in [0.2, 0.25) is 0 Å². The molecule has 0 bridgehead atoms. The van der Waals surface area contributed by atoms with Crippen molar-refractivity contribution in [3.05, 3.63) is 29.8 Å². The van der Waals surface area contributed by atoms with Crippen molar-refractivity contribution < 1.29 is 14.7 Å². The molecular formula is C16H22N2O3. The van der Waals surface area contributed by atoms with Crippen LogP contribution in [0.1, 0.15) is 25.8 Å². The Bertz CT molecular complexity index is 528. The number of carboxylic acid groups (broad SMARTS) is 1. The highest BCUT2D eigenvalue weighted by atomic mass is 16.4. The third-order valence-corrected chi connectivity index (χ3v) is 3.99. The van der Waals surface area contributed by atoms with Gasteiger partial charge in [-0.05, 0) is 36.0 Å². The second-order valence-corrected chi connectivity index (χ2v) is 5.94. The molecule has 114 valence electrons. The summed E-state index contributed by atoms with van der Waals surface area (Å²) in [5.41, 5.74) is 1.33. The normalized spacial score (nSPS) is 18.0. The van der Waals surface area contributed by atoms with Gasteiger partial charge >= 0.3 is 12.0 Å². The van der Waals surface area contributed by atoms with Crippen LogP contribution in [0.25, 0.3) is 0 Å². The van der Waals surface area contributed by atoms with Gasteiger partial charge in [0.05, 0.1) is 6.42 Å². The van der Waals surface area contributed by atoms with Crippen molar-refractivity contribution >= 4 is 17.7 Å². The van der Waals surface area contributed by atoms with Gasteiger partial charge in [-0.1, -0.05) is 26.0 Å². The Morgan fingerprint density at radius 2 is 2.19 bits per heavy atom. The van der Waals surface area contributed by atoms with Crippen LogP contribution in [0.3, 0.4) is 0 Å². The fraction of sp³-hybridized carbons (Fsp3) is 0.500. The van der Waals surface area contributed by atoms with E-state index in [0.717, 1.165) is 19.5 Å². The number of anilines is 1. The lowest BCUT2D eigenvalue weighted by Crippen LogP contribution is -2.33. The van der Waals surface area contributed by atoms with E-state index in [1.54, 1.807) is 24.3 Å². The van der Waals surface area contributed by atoms with Crippen molar-refractivity contribution in [1.82, 2.24) is 4.90 Å². The minimum absolute atomic E-state index is 0.0388. The zero-order valence-corrected chi connectivity index (χ0v) is 12.5. The summed E-state index contributed by atoms with van der Waals surface area (Å²) in [7, 11) is 0. The Labute approximate surface area is 125 Å². The van der Waals surface area contributed by atoms with Crippen LogP contribution in [0.4, 0.5) is 10.5 Å². The second kappa shape index (κ2) is 6.61. The van der Waals surface area contributed by atoms with Gasteiger partial charge < -0.3 is 15.3 Å². The molecule has 0 saturated carbocycles. The van der Waals surface area contributed by atoms with E-state index in [0.29, 0.717) is 23.1 Å². The summed E-state index contributed by atoms with van der Waals surface area (Å²) in [6.45, 7) is 5.94. The van der Waals surface area contributed by atoms with E-state index >= 15 is 0 Å². The highest BCUT2D eigenvalue weighted by Crippen LogP contribution is 2.24. The van der Waals surface area contributed by atoms with E-state index in [9.17, 15) is 9.59 Å². The number of rotatable bonds is 4. The molecular weight excluding hydrogens is 268 g/mol. The first-order chi connectivity index (χ1) is 9.95. The molecule has 2 rings (SSSR count). The largest absolute Gasteiger partial charge is 0.481 e. The fourth-order valence-electron chi connectivity index (χ4n) is 2.65. The fourth-order valence-corrected chi connectivity index (χ4v) is 2.65. The first-order valence-electron chi connectivity index (χ1n) is 7.32. The number of hydrogen-bond donors (Lipinski definition) is 2. The molecule has 1 atom stereocenters. The monoisotopic (exact) mass is 290 g/mol. The molecule has 0 radical (unpaired) electrons. The van der Waals surface area contributed by atoms with Crippen LogP contribution in [-0.4, -0.2) is 35.1 Å². The van der Waals surface area contributed by atoms with Crippen LogP contribution in [0.15, 0.2) is 24.3 Å². The van der Waals surface area contributed by atoms with Gasteiger partial charge in [-0.2, -0.15) is 0 Å². The van der Waals surface area contributed by atoms with Gasteiger partial charge in [-0.25, -0.2) is 4.79 Å². The molecule has 2 amide bonds. The van der Waals surface area contributed by atoms with E-state index < -0.39 is 5.97 Å². The van der Waals surface area contributed by atoms with Gasteiger partial charge in [0.1, 0.15) is 0 Å². The number of amides is 2. The number of urea groups is 1. The Morgan fingerprint density at radius 3 is 2.81 bits per heavy atom. The number of likely N-dealkylation sites (tertiary alicyclic amines) is 1. The maximum absolute atomic E-state index is 12.2. The number of aliphatic carboxylic acids is 1. The Kier molecular flexibility index (Phi) is 4.83. The lowest BCUT2D eigenvalue weighted by atomic mass is 9.95. The number of carbonyl (C=O) groups excluding carboxylic acids is 1. The number of hydrogen-bond acceptors (Lipinski definition) is 2. The molecule has 1 fully saturated rings. The molecule has 0 aromatic heterocycles. The van der Waals surface area contributed by atoms with Gasteiger partial charge in [0.15, 0.2) is 0 Å². The number of benzene rings is 1. The van der Waals surface area contributed by atoms with Crippen molar-refractivity contribution in [3.63, 3.8) is 0 Å². The molecule has 1 aliphatic heterocycles. The summed E-state index contributed by atoms with van der Waals surface area (Å²) in [6.07, 6.45) is 1.01. The molecule has 1 aromatic rings. The van der Waals surface area contributed by atoms with Gasteiger partial charge in [0, 0.05) is 18.8 Å². The predicted molar refractivity (Wildman–Crippen MR) is 81.3 cm³/mol. The van der Waals surface area contributed by atoms with E-state index in [2.05, 4.69) is 19.2 Å². The topological polar surface area (TPSA) is 69.6 Å². The van der Waals surface area contributed by atoms with Crippen molar-refractivity contribution in [3.8, 4) is 0 Å². The van der Waals surface area contributed by atoms with E-state index in [1.807, 2.05) is 4.90 Å². The zero-order valence-electron chi connectivity index (χ0n) is 12.5. The predicted octanol–water partition coefficient (Wildman–Crippen LogP) is 2.82. The lowest BCUT2D eigenvalue weighted by Gasteiger charge is -2.19. The Hall–Kier alpha value is -2.04. The summed E-state index contributed by atoms with van der Waals surface area (Å²) in [5.74, 6) is 0.272. The van der Waals surface area contributed by atoms with Crippen molar-refractivity contribution in [2.45, 2.75) is 26.7 Å². The second-order valence-electron chi connectivity index (χ2n) is 5.94. The van der Waals surface area contributed by atoms with Gasteiger partial charge in [-0.3, -0.25) is 4.79 Å². The van der Waals surface area contributed by atoms with Gasteiger partial charge in [0.25, 0.3) is 0 Å². The summed E-state index contributed by atoms with van der Waals surface area (Å²) >= 11 is 0. The van der Waals surface area contributed by atoms with E-state index in [1.165, 1.54) is 0 Å². The van der Waals surface area contributed by atoms with Gasteiger partial charge in [-0.15, -0.1) is 0 Å². The smallest absolute Gasteiger partial charge is 0.321 e. The minimum atomic E-state index is -0.877. The summed E-state index contributed by atoms with van der Waals surface area (Å²) in [6, 6.07) is 6.88. The molecule has 0 aliphatic carbocycles. The Morgan fingerprint density at radius 1 is 1.43 bits per heavy atom. The highest BCUT2D eigenvalue weighted by Gasteiger charge is 2.28. The average Bonchev–Trinajstić information content (AvgIpc) is 2.88. The van der Waals surface area contributed by atoms with Crippen LogP contribution < -0.4 is 5.32 Å². The summed E-state index contributed by atoms with van der Waals surface area (Å²) < 4.78 is 0. The van der Waals surface area contributed by atoms with Crippen molar-refractivity contribution in [1.29, 1.82) is 0 Å². The van der Waals surface area contributed by atoms with E-state index in [4.69, 9.17) is 5.11 Å². The SMILES string of the molecule is CC(C)C1CCN(C(=O)Nc2cccc(CC(=O)O)c2)C1. The Balaban J connectivity index is 1.95. The summed E-state index contributed by atoms with van der Waals surface area (Å²) in [5, 5.41) is 11.6. The molecule has 1 unspecified atom stereocenters. The van der Waals surface area contributed by atoms with Crippen LogP contribution in [0, 0.1) is 11.8 Å². The quantitative estimate of drug-likeness (QED) is 0.896. The lowest BCUT2D eigenvalue weighted by molar-refractivity contribution is -0.136. The van der Waals surface area contributed by atoms with E-state index in [-0.39, 0.29) is 12.5 Å². The third-order valence-electron chi connectivity index (χ3n) is 3.99. The zero-order chi connectivity index (χ0) is 15.4. The molecule has 1 aliphatic rings. The average molecular weight is 290 g/mol. The molecule has 21 heavy (non-hydrogen) atoms. The molecule has 1 saturated heterocycles. The molecule has 1 heterocycles. The maximum atomic E-state index is 12.2. The molecule has 5 heteroatoms. The van der Waals surface area contributed by atoms with Crippen LogP contribution >= 0.6 is 0 Å². The van der Waals surface area contributed by atoms with Crippen molar-refractivity contribution in [2.75, 3.05) is 18.4 Å². The molecule has 1 aromatic carbocycles.